The highest BCUT2D eigenvalue weighted by Gasteiger charge is 2.24. The molecule has 0 saturated heterocycles. The largest absolute Gasteiger partial charge is 0.326 e. The van der Waals surface area contributed by atoms with E-state index in [1.807, 2.05) is 18.2 Å². The first-order chi connectivity index (χ1) is 8.99. The van der Waals surface area contributed by atoms with Crippen LogP contribution in [0.1, 0.15) is 45.2 Å². The summed E-state index contributed by atoms with van der Waals surface area (Å²) in [7, 11) is 2.16. The fourth-order valence-electron chi connectivity index (χ4n) is 2.48. The minimum Gasteiger partial charge on any atom is -0.326 e. The van der Waals surface area contributed by atoms with Crippen LogP contribution in [0.25, 0.3) is 0 Å². The molecule has 2 N–H and O–H groups in total. The van der Waals surface area contributed by atoms with Gasteiger partial charge in [-0.1, -0.05) is 50.9 Å². The Labute approximate surface area is 122 Å². The molecule has 0 aliphatic carbocycles. The minimum atomic E-state index is 0.132. The van der Waals surface area contributed by atoms with Gasteiger partial charge in [0.25, 0.3) is 0 Å². The van der Waals surface area contributed by atoms with E-state index < -0.39 is 0 Å². The molecule has 0 radical (unpaired) electrons. The van der Waals surface area contributed by atoms with Crippen molar-refractivity contribution in [2.45, 2.75) is 45.7 Å². The average Bonchev–Trinajstić information content (AvgIpc) is 2.38. The Balaban J connectivity index is 2.94. The number of hydrogen-bond acceptors (Lipinski definition) is 2. The monoisotopic (exact) mass is 282 g/mol. The Hall–Kier alpha value is -0.570. The zero-order chi connectivity index (χ0) is 14.4. The lowest BCUT2D eigenvalue weighted by molar-refractivity contribution is 0.183. The van der Waals surface area contributed by atoms with Crippen LogP contribution < -0.4 is 5.73 Å². The number of nitrogens with two attached hydrogens (primary N) is 1. The van der Waals surface area contributed by atoms with Crippen LogP contribution in [-0.2, 0) is 0 Å². The summed E-state index contributed by atoms with van der Waals surface area (Å²) in [6.45, 7) is 7.70. The molecule has 1 rings (SSSR count). The first-order valence-corrected chi connectivity index (χ1v) is 7.58. The lowest BCUT2D eigenvalue weighted by Crippen LogP contribution is -2.40. The second-order valence-corrected chi connectivity index (χ2v) is 5.96. The van der Waals surface area contributed by atoms with E-state index in [2.05, 4.69) is 38.8 Å². The van der Waals surface area contributed by atoms with Crippen molar-refractivity contribution in [1.29, 1.82) is 0 Å². The fourth-order valence-corrected chi connectivity index (χ4v) is 2.68. The maximum atomic E-state index is 6.33. The molecular formula is C16H27ClN2. The quantitative estimate of drug-likeness (QED) is 0.816. The van der Waals surface area contributed by atoms with Gasteiger partial charge in [0, 0.05) is 23.7 Å². The molecule has 0 aliphatic rings. The van der Waals surface area contributed by atoms with Gasteiger partial charge in [0.15, 0.2) is 0 Å². The summed E-state index contributed by atoms with van der Waals surface area (Å²) in [5.74, 6) is 0.677. The highest BCUT2D eigenvalue weighted by Crippen LogP contribution is 2.27. The number of nitrogens with zero attached hydrogens (tertiary/aromatic N) is 1. The van der Waals surface area contributed by atoms with E-state index in [0.29, 0.717) is 5.92 Å². The third kappa shape index (κ3) is 4.79. The SMILES string of the molecule is CCC(C)CN(C)C(c1cccc(Cl)c1)C(N)CC. The van der Waals surface area contributed by atoms with E-state index in [1.165, 1.54) is 12.0 Å². The first-order valence-electron chi connectivity index (χ1n) is 7.20. The molecule has 3 unspecified atom stereocenters. The van der Waals surface area contributed by atoms with Gasteiger partial charge >= 0.3 is 0 Å². The van der Waals surface area contributed by atoms with E-state index in [1.54, 1.807) is 0 Å². The lowest BCUT2D eigenvalue weighted by Gasteiger charge is -2.34. The molecular weight excluding hydrogens is 256 g/mol. The van der Waals surface area contributed by atoms with Crippen LogP contribution in [0.5, 0.6) is 0 Å². The second kappa shape index (κ2) is 7.88. The van der Waals surface area contributed by atoms with Gasteiger partial charge in [-0.15, -0.1) is 0 Å². The van der Waals surface area contributed by atoms with Gasteiger partial charge in [-0.05, 0) is 37.1 Å². The van der Waals surface area contributed by atoms with Gasteiger partial charge in [0.1, 0.15) is 0 Å². The maximum Gasteiger partial charge on any atom is 0.0496 e. The van der Waals surface area contributed by atoms with Crippen LogP contribution in [0.15, 0.2) is 24.3 Å². The molecule has 2 nitrogen and oxygen atoms in total. The van der Waals surface area contributed by atoms with E-state index >= 15 is 0 Å². The number of rotatable bonds is 7. The van der Waals surface area contributed by atoms with Gasteiger partial charge in [0.05, 0.1) is 0 Å². The third-order valence-electron chi connectivity index (χ3n) is 3.84. The molecule has 108 valence electrons. The maximum absolute atomic E-state index is 6.33. The molecule has 19 heavy (non-hydrogen) atoms. The zero-order valence-electron chi connectivity index (χ0n) is 12.6. The molecule has 0 fully saturated rings. The van der Waals surface area contributed by atoms with Crippen molar-refractivity contribution >= 4 is 11.6 Å². The Kier molecular flexibility index (Phi) is 6.84. The Bertz CT molecular complexity index is 381. The molecule has 0 bridgehead atoms. The molecule has 1 aromatic rings. The highest BCUT2D eigenvalue weighted by molar-refractivity contribution is 6.30. The van der Waals surface area contributed by atoms with E-state index in [0.717, 1.165) is 18.0 Å². The molecule has 0 spiro atoms. The molecule has 3 heteroatoms. The lowest BCUT2D eigenvalue weighted by atomic mass is 9.95. The standard InChI is InChI=1S/C16H27ClN2/c1-5-12(3)11-19(4)16(15(18)6-2)13-8-7-9-14(17)10-13/h7-10,12,15-16H,5-6,11,18H2,1-4H3. The normalized spacial score (nSPS) is 16.4. The second-order valence-electron chi connectivity index (χ2n) is 5.52. The predicted molar refractivity (Wildman–Crippen MR) is 84.5 cm³/mol. The van der Waals surface area contributed by atoms with Crippen LogP contribution in [0.2, 0.25) is 5.02 Å². The van der Waals surface area contributed by atoms with E-state index in [-0.39, 0.29) is 12.1 Å². The highest BCUT2D eigenvalue weighted by atomic mass is 35.5. The predicted octanol–water partition coefficient (Wildman–Crippen LogP) is 4.10. The molecule has 3 atom stereocenters. The molecule has 1 aromatic carbocycles. The van der Waals surface area contributed by atoms with E-state index in [4.69, 9.17) is 17.3 Å². The van der Waals surface area contributed by atoms with Crippen LogP contribution >= 0.6 is 11.6 Å². The zero-order valence-corrected chi connectivity index (χ0v) is 13.3. The van der Waals surface area contributed by atoms with Crippen molar-refractivity contribution in [3.8, 4) is 0 Å². The van der Waals surface area contributed by atoms with Crippen molar-refractivity contribution in [3.05, 3.63) is 34.9 Å². The number of halogens is 1. The van der Waals surface area contributed by atoms with Crippen molar-refractivity contribution in [2.24, 2.45) is 11.7 Å². The van der Waals surface area contributed by atoms with Crippen LogP contribution in [0.4, 0.5) is 0 Å². The summed E-state index contributed by atoms with van der Waals surface area (Å²) >= 11 is 6.12. The average molecular weight is 283 g/mol. The number of hydrogen-bond donors (Lipinski definition) is 1. The van der Waals surface area contributed by atoms with Crippen molar-refractivity contribution in [2.75, 3.05) is 13.6 Å². The Morgan fingerprint density at radius 1 is 1.26 bits per heavy atom. The molecule has 0 aliphatic heterocycles. The Morgan fingerprint density at radius 3 is 2.47 bits per heavy atom. The smallest absolute Gasteiger partial charge is 0.0496 e. The minimum absolute atomic E-state index is 0.132. The molecule has 0 saturated carbocycles. The summed E-state index contributed by atoms with van der Waals surface area (Å²) < 4.78 is 0. The van der Waals surface area contributed by atoms with Crippen molar-refractivity contribution < 1.29 is 0 Å². The third-order valence-corrected chi connectivity index (χ3v) is 4.07. The van der Waals surface area contributed by atoms with Gasteiger partial charge in [-0.25, -0.2) is 0 Å². The van der Waals surface area contributed by atoms with Gasteiger partial charge in [-0.3, -0.25) is 4.90 Å². The number of likely N-dealkylation sites (N-methyl/N-ethyl adjacent to an activating group) is 1. The van der Waals surface area contributed by atoms with Crippen LogP contribution in [0, 0.1) is 5.92 Å². The van der Waals surface area contributed by atoms with Gasteiger partial charge in [0.2, 0.25) is 0 Å². The first kappa shape index (κ1) is 16.5. The molecule has 0 aromatic heterocycles. The Morgan fingerprint density at radius 2 is 1.95 bits per heavy atom. The summed E-state index contributed by atoms with van der Waals surface area (Å²) in [5.41, 5.74) is 7.55. The summed E-state index contributed by atoms with van der Waals surface area (Å²) in [6, 6.07) is 8.44. The van der Waals surface area contributed by atoms with Crippen molar-refractivity contribution in [3.63, 3.8) is 0 Å². The fraction of sp³-hybridized carbons (Fsp3) is 0.625. The number of benzene rings is 1. The molecule has 0 heterocycles. The van der Waals surface area contributed by atoms with Gasteiger partial charge < -0.3 is 5.73 Å². The van der Waals surface area contributed by atoms with Gasteiger partial charge in [-0.2, -0.15) is 0 Å². The summed E-state index contributed by atoms with van der Waals surface area (Å²) in [6.07, 6.45) is 2.15. The topological polar surface area (TPSA) is 29.3 Å². The van der Waals surface area contributed by atoms with E-state index in [9.17, 15) is 0 Å². The van der Waals surface area contributed by atoms with Crippen LogP contribution in [0.3, 0.4) is 0 Å². The van der Waals surface area contributed by atoms with Crippen LogP contribution in [-0.4, -0.2) is 24.5 Å². The summed E-state index contributed by atoms with van der Waals surface area (Å²) in [5, 5.41) is 0.780. The summed E-state index contributed by atoms with van der Waals surface area (Å²) in [4.78, 5) is 2.37. The molecule has 0 amide bonds. The van der Waals surface area contributed by atoms with Crippen molar-refractivity contribution in [1.82, 2.24) is 4.90 Å².